The molecule has 0 spiro atoms. The van der Waals surface area contributed by atoms with Gasteiger partial charge in [0.05, 0.1) is 13.1 Å². The van der Waals surface area contributed by atoms with Crippen LogP contribution in [0.5, 0.6) is 0 Å². The van der Waals surface area contributed by atoms with E-state index in [1.54, 1.807) is 0 Å². The van der Waals surface area contributed by atoms with Crippen molar-refractivity contribution in [1.82, 2.24) is 15.5 Å². The molecule has 1 unspecified atom stereocenters. The molecule has 6 heteroatoms. The average Bonchev–Trinajstić information content (AvgIpc) is 2.82. The summed E-state index contributed by atoms with van der Waals surface area (Å²) in [5, 5.41) is 8.56. The van der Waals surface area contributed by atoms with E-state index in [9.17, 15) is 0 Å². The molecular formula is C12H20N4OS. The molecule has 1 atom stereocenters. The molecule has 18 heavy (non-hydrogen) atoms. The van der Waals surface area contributed by atoms with Gasteiger partial charge in [0.15, 0.2) is 11.0 Å². The molecule has 0 radical (unpaired) electrons. The Bertz CT molecular complexity index is 436. The zero-order chi connectivity index (χ0) is 13.2. The molecule has 1 aromatic rings. The molecule has 2 heterocycles. The zero-order valence-corrected chi connectivity index (χ0v) is 12.2. The van der Waals surface area contributed by atoms with Crippen LogP contribution in [0.25, 0.3) is 0 Å². The number of thioether (sulfide) groups is 1. The van der Waals surface area contributed by atoms with Gasteiger partial charge in [-0.05, 0) is 18.8 Å². The second-order valence-corrected chi connectivity index (χ2v) is 7.03. The lowest BCUT2D eigenvalue weighted by Crippen LogP contribution is -2.20. The van der Waals surface area contributed by atoms with Gasteiger partial charge in [0.1, 0.15) is 0 Å². The maximum absolute atomic E-state index is 5.04. The van der Waals surface area contributed by atoms with E-state index in [0.717, 1.165) is 11.7 Å². The summed E-state index contributed by atoms with van der Waals surface area (Å²) in [6, 6.07) is 0. The van der Waals surface area contributed by atoms with Crippen LogP contribution in [0.15, 0.2) is 9.52 Å². The van der Waals surface area contributed by atoms with Crippen LogP contribution >= 0.6 is 11.8 Å². The highest BCUT2D eigenvalue weighted by atomic mass is 32.2. The van der Waals surface area contributed by atoms with Gasteiger partial charge in [-0.2, -0.15) is 4.98 Å². The summed E-state index contributed by atoms with van der Waals surface area (Å²) in [4.78, 5) is 8.65. The van der Waals surface area contributed by atoms with Gasteiger partial charge in [0.25, 0.3) is 0 Å². The molecule has 1 aromatic heterocycles. The highest BCUT2D eigenvalue weighted by Gasteiger charge is 2.25. The van der Waals surface area contributed by atoms with Crippen LogP contribution in [-0.4, -0.2) is 27.1 Å². The molecule has 1 aliphatic rings. The third-order valence-electron chi connectivity index (χ3n) is 2.52. The van der Waals surface area contributed by atoms with Crippen molar-refractivity contribution >= 4 is 16.9 Å². The Morgan fingerprint density at radius 1 is 1.44 bits per heavy atom. The number of aromatic nitrogens is 2. The summed E-state index contributed by atoms with van der Waals surface area (Å²) in [5.74, 6) is 1.27. The van der Waals surface area contributed by atoms with Gasteiger partial charge in [-0.15, -0.1) is 0 Å². The monoisotopic (exact) mass is 268 g/mol. The quantitative estimate of drug-likeness (QED) is 0.912. The first-order valence-corrected chi connectivity index (χ1v) is 7.04. The molecule has 100 valence electrons. The molecule has 1 N–H and O–H groups in total. The first-order chi connectivity index (χ1) is 8.42. The molecule has 1 aliphatic heterocycles. The molecule has 5 nitrogen and oxygen atoms in total. The number of amidine groups is 1. The Balaban J connectivity index is 1.76. The molecule has 0 bridgehead atoms. The van der Waals surface area contributed by atoms with Crippen LogP contribution in [-0.2, 0) is 6.54 Å². The molecule has 0 fully saturated rings. The van der Waals surface area contributed by atoms with Crippen molar-refractivity contribution in [1.29, 1.82) is 0 Å². The number of hydrogen-bond donors (Lipinski definition) is 1. The van der Waals surface area contributed by atoms with Crippen molar-refractivity contribution in [3.05, 3.63) is 11.7 Å². The van der Waals surface area contributed by atoms with Crippen molar-refractivity contribution in [2.24, 2.45) is 10.4 Å². The lowest BCUT2D eigenvalue weighted by molar-refractivity contribution is 0.372. The number of nitrogens with one attached hydrogen (secondary N) is 1. The lowest BCUT2D eigenvalue weighted by Gasteiger charge is -2.21. The van der Waals surface area contributed by atoms with Crippen molar-refractivity contribution in [3.8, 4) is 0 Å². The van der Waals surface area contributed by atoms with Crippen LogP contribution in [0.2, 0.25) is 0 Å². The van der Waals surface area contributed by atoms with Crippen LogP contribution in [0.3, 0.4) is 0 Å². The fourth-order valence-corrected chi connectivity index (χ4v) is 3.22. The van der Waals surface area contributed by atoms with E-state index in [0.29, 0.717) is 28.9 Å². The van der Waals surface area contributed by atoms with Crippen LogP contribution in [0, 0.1) is 12.3 Å². The van der Waals surface area contributed by atoms with Crippen molar-refractivity contribution < 1.29 is 4.52 Å². The number of rotatable bonds is 3. The number of nitrogens with zero attached hydrogens (tertiary/aromatic N) is 3. The number of aliphatic imine (C=N–C) groups is 1. The summed E-state index contributed by atoms with van der Waals surface area (Å²) < 4.78 is 5.04. The van der Waals surface area contributed by atoms with Crippen LogP contribution in [0.1, 0.15) is 38.9 Å². The zero-order valence-electron chi connectivity index (χ0n) is 11.4. The number of hydrogen-bond acceptors (Lipinski definition) is 6. The third kappa shape index (κ3) is 4.01. The summed E-state index contributed by atoms with van der Waals surface area (Å²) in [6.45, 7) is 10.1. The first kappa shape index (κ1) is 13.4. The van der Waals surface area contributed by atoms with Gasteiger partial charge < -0.3 is 9.84 Å². The van der Waals surface area contributed by atoms with E-state index in [1.165, 1.54) is 6.42 Å². The van der Waals surface area contributed by atoms with Gasteiger partial charge in [-0.25, -0.2) is 0 Å². The molecule has 2 rings (SSSR count). The fraction of sp³-hybridized carbons (Fsp3) is 0.750. The van der Waals surface area contributed by atoms with Gasteiger partial charge in [-0.3, -0.25) is 4.99 Å². The normalized spacial score (nSPS) is 20.0. The van der Waals surface area contributed by atoms with E-state index < -0.39 is 0 Å². The minimum absolute atomic E-state index is 0.353. The Morgan fingerprint density at radius 3 is 2.83 bits per heavy atom. The Labute approximate surface area is 112 Å². The topological polar surface area (TPSA) is 63.3 Å². The second kappa shape index (κ2) is 5.30. The molecule has 0 aromatic carbocycles. The summed E-state index contributed by atoms with van der Waals surface area (Å²) in [6.07, 6.45) is 1.17. The van der Waals surface area contributed by atoms with E-state index in [4.69, 9.17) is 4.52 Å². The van der Waals surface area contributed by atoms with Crippen molar-refractivity contribution in [3.63, 3.8) is 0 Å². The predicted octanol–water partition coefficient (Wildman–Crippen LogP) is 2.38. The minimum Gasteiger partial charge on any atom is -0.356 e. The SMILES string of the molecule is Cc1noc(CNC2=NCC(CC(C)(C)C)S2)n1. The molecule has 0 aliphatic carbocycles. The Hall–Kier alpha value is -1.04. The number of aryl methyl sites for hydroxylation is 1. The van der Waals surface area contributed by atoms with Gasteiger partial charge in [-0.1, -0.05) is 37.7 Å². The highest BCUT2D eigenvalue weighted by molar-refractivity contribution is 8.14. The van der Waals surface area contributed by atoms with Crippen LogP contribution in [0.4, 0.5) is 0 Å². The van der Waals surface area contributed by atoms with E-state index in [2.05, 4.69) is 41.2 Å². The molecule has 0 saturated carbocycles. The van der Waals surface area contributed by atoms with Gasteiger partial charge in [0.2, 0.25) is 5.89 Å². The van der Waals surface area contributed by atoms with E-state index >= 15 is 0 Å². The third-order valence-corrected chi connectivity index (χ3v) is 3.66. The molecule has 0 amide bonds. The Kier molecular flexibility index (Phi) is 3.94. The maximum Gasteiger partial charge on any atom is 0.245 e. The molecule has 0 saturated heterocycles. The van der Waals surface area contributed by atoms with Crippen molar-refractivity contribution in [2.45, 2.75) is 45.9 Å². The van der Waals surface area contributed by atoms with Crippen molar-refractivity contribution in [2.75, 3.05) is 6.54 Å². The van der Waals surface area contributed by atoms with E-state index in [-0.39, 0.29) is 0 Å². The summed E-state index contributed by atoms with van der Waals surface area (Å²) in [7, 11) is 0. The minimum atomic E-state index is 0.353. The maximum atomic E-state index is 5.04. The average molecular weight is 268 g/mol. The first-order valence-electron chi connectivity index (χ1n) is 6.16. The van der Waals surface area contributed by atoms with Gasteiger partial charge in [0, 0.05) is 5.25 Å². The summed E-state index contributed by atoms with van der Waals surface area (Å²) >= 11 is 1.81. The summed E-state index contributed by atoms with van der Waals surface area (Å²) in [5.41, 5.74) is 0.353. The standard InChI is InChI=1S/C12H20N4OS/c1-8-15-10(17-16-8)7-14-11-13-6-9(18-11)5-12(2,3)4/h9H,5-7H2,1-4H3,(H,13,14). The lowest BCUT2D eigenvalue weighted by atomic mass is 9.90. The highest BCUT2D eigenvalue weighted by Crippen LogP contribution is 2.31. The molecular weight excluding hydrogens is 248 g/mol. The second-order valence-electron chi connectivity index (χ2n) is 5.74. The largest absolute Gasteiger partial charge is 0.356 e. The predicted molar refractivity (Wildman–Crippen MR) is 73.6 cm³/mol. The van der Waals surface area contributed by atoms with Gasteiger partial charge >= 0.3 is 0 Å². The smallest absolute Gasteiger partial charge is 0.245 e. The fourth-order valence-electron chi connectivity index (χ4n) is 1.87. The van der Waals surface area contributed by atoms with Crippen LogP contribution < -0.4 is 5.32 Å². The Morgan fingerprint density at radius 2 is 2.22 bits per heavy atom. The van der Waals surface area contributed by atoms with E-state index in [1.807, 2.05) is 18.7 Å².